The summed E-state index contributed by atoms with van der Waals surface area (Å²) in [6, 6.07) is 4.05. The molecule has 0 amide bonds. The molecular weight excluding hydrogens is 200 g/mol. The van der Waals surface area contributed by atoms with Crippen LogP contribution in [0, 0.1) is 13.8 Å². The summed E-state index contributed by atoms with van der Waals surface area (Å²) in [4.78, 5) is 0. The average Bonchev–Trinajstić information content (AvgIpc) is 2.28. The van der Waals surface area contributed by atoms with Crippen LogP contribution in [0.2, 0.25) is 0 Å². The molecule has 0 heterocycles. The van der Waals surface area contributed by atoms with E-state index >= 15 is 0 Å². The highest BCUT2D eigenvalue weighted by molar-refractivity contribution is 5.42. The Bertz CT molecular complexity index is 350. The lowest BCUT2D eigenvalue weighted by atomic mass is 9.99. The highest BCUT2D eigenvalue weighted by Crippen LogP contribution is 2.25. The van der Waals surface area contributed by atoms with Crippen LogP contribution in [0.15, 0.2) is 12.1 Å². The van der Waals surface area contributed by atoms with Gasteiger partial charge in [0.2, 0.25) is 0 Å². The molecule has 0 radical (unpaired) electrons. The summed E-state index contributed by atoms with van der Waals surface area (Å²) >= 11 is 0. The molecule has 0 saturated heterocycles. The van der Waals surface area contributed by atoms with E-state index in [1.165, 1.54) is 0 Å². The van der Waals surface area contributed by atoms with E-state index in [0.29, 0.717) is 6.54 Å². The Morgan fingerprint density at radius 3 is 2.50 bits per heavy atom. The van der Waals surface area contributed by atoms with Crippen molar-refractivity contribution in [1.82, 2.24) is 0 Å². The molecule has 0 aromatic heterocycles. The van der Waals surface area contributed by atoms with Crippen LogP contribution in [-0.2, 0) is 0 Å². The zero-order valence-corrected chi connectivity index (χ0v) is 10.4. The number of nitrogens with two attached hydrogens (primary N) is 2. The number of ether oxygens (including phenoxy) is 1. The first-order chi connectivity index (χ1) is 7.60. The molecule has 0 aliphatic heterocycles. The summed E-state index contributed by atoms with van der Waals surface area (Å²) in [5.41, 5.74) is 14.9. The summed E-state index contributed by atoms with van der Waals surface area (Å²) in [6.07, 6.45) is 1.02. The van der Waals surface area contributed by atoms with E-state index < -0.39 is 0 Å². The highest BCUT2D eigenvalue weighted by Gasteiger charge is 2.10. The monoisotopic (exact) mass is 222 g/mol. The summed E-state index contributed by atoms with van der Waals surface area (Å²) in [5.74, 6) is 0.951. The molecule has 0 aliphatic carbocycles. The summed E-state index contributed by atoms with van der Waals surface area (Å²) in [5, 5.41) is 0. The molecule has 1 rings (SSSR count). The third kappa shape index (κ3) is 2.97. The predicted octanol–water partition coefficient (Wildman–Crippen LogP) is 2.05. The molecule has 1 unspecified atom stereocenters. The van der Waals surface area contributed by atoms with Crippen LogP contribution in [0.25, 0.3) is 0 Å². The zero-order valence-electron chi connectivity index (χ0n) is 10.4. The quantitative estimate of drug-likeness (QED) is 0.801. The summed E-state index contributed by atoms with van der Waals surface area (Å²) in [7, 11) is 0. The van der Waals surface area contributed by atoms with Gasteiger partial charge in [-0.1, -0.05) is 13.0 Å². The molecule has 0 fully saturated rings. The molecule has 3 heteroatoms. The molecule has 90 valence electrons. The lowest BCUT2D eigenvalue weighted by molar-refractivity contribution is 0.315. The maximum Gasteiger partial charge on any atom is 0.122 e. The Labute approximate surface area is 97.8 Å². The maximum absolute atomic E-state index is 5.95. The van der Waals surface area contributed by atoms with Crippen molar-refractivity contribution in [2.24, 2.45) is 11.5 Å². The lowest BCUT2D eigenvalue weighted by Crippen LogP contribution is -2.21. The van der Waals surface area contributed by atoms with Crippen molar-refractivity contribution < 1.29 is 4.74 Å². The van der Waals surface area contributed by atoms with Crippen molar-refractivity contribution in [1.29, 1.82) is 0 Å². The van der Waals surface area contributed by atoms with Crippen molar-refractivity contribution in [2.45, 2.75) is 33.2 Å². The van der Waals surface area contributed by atoms with Crippen molar-refractivity contribution in [3.63, 3.8) is 0 Å². The van der Waals surface area contributed by atoms with Gasteiger partial charge in [0.05, 0.1) is 6.61 Å². The van der Waals surface area contributed by atoms with Crippen LogP contribution in [-0.4, -0.2) is 13.2 Å². The largest absolute Gasteiger partial charge is 0.493 e. The van der Waals surface area contributed by atoms with Crippen LogP contribution < -0.4 is 16.2 Å². The van der Waals surface area contributed by atoms with Gasteiger partial charge in [-0.2, -0.15) is 0 Å². The molecule has 4 N–H and O–H groups in total. The first kappa shape index (κ1) is 13.0. The molecule has 0 bridgehead atoms. The minimum atomic E-state index is -0.0843. The van der Waals surface area contributed by atoms with Crippen LogP contribution in [0.4, 0.5) is 0 Å². The number of aryl methyl sites for hydroxylation is 2. The Balaban J connectivity index is 2.97. The first-order valence-corrected chi connectivity index (χ1v) is 5.79. The summed E-state index contributed by atoms with van der Waals surface area (Å²) < 4.78 is 5.66. The van der Waals surface area contributed by atoms with E-state index in [1.807, 2.05) is 13.8 Å². The van der Waals surface area contributed by atoms with Gasteiger partial charge in [-0.25, -0.2) is 0 Å². The number of hydrogen-bond acceptors (Lipinski definition) is 3. The molecule has 1 aromatic carbocycles. The van der Waals surface area contributed by atoms with Crippen molar-refractivity contribution in [2.75, 3.05) is 13.2 Å². The van der Waals surface area contributed by atoms with E-state index in [1.54, 1.807) is 0 Å². The van der Waals surface area contributed by atoms with Gasteiger partial charge in [0.15, 0.2) is 0 Å². The SMILES string of the molecule is CCCOc1cc(C)c(C(N)CN)cc1C. The van der Waals surface area contributed by atoms with Gasteiger partial charge in [-0.05, 0) is 43.0 Å². The van der Waals surface area contributed by atoms with Crippen molar-refractivity contribution in [3.8, 4) is 5.75 Å². The van der Waals surface area contributed by atoms with Crippen LogP contribution in [0.5, 0.6) is 5.75 Å². The van der Waals surface area contributed by atoms with E-state index in [4.69, 9.17) is 16.2 Å². The first-order valence-electron chi connectivity index (χ1n) is 5.79. The van der Waals surface area contributed by atoms with Crippen molar-refractivity contribution in [3.05, 3.63) is 28.8 Å². The normalized spacial score (nSPS) is 12.6. The van der Waals surface area contributed by atoms with Gasteiger partial charge < -0.3 is 16.2 Å². The molecule has 1 atom stereocenters. The second-order valence-electron chi connectivity index (χ2n) is 4.16. The number of benzene rings is 1. The summed E-state index contributed by atoms with van der Waals surface area (Å²) in [6.45, 7) is 7.40. The zero-order chi connectivity index (χ0) is 12.1. The van der Waals surface area contributed by atoms with Gasteiger partial charge in [0.25, 0.3) is 0 Å². The third-order valence-electron chi connectivity index (χ3n) is 2.68. The molecule has 0 aliphatic rings. The standard InChI is InChI=1S/C13H22N2O/c1-4-5-16-13-7-9(2)11(6-10(13)3)12(15)8-14/h6-7,12H,4-5,8,14-15H2,1-3H3. The van der Waals surface area contributed by atoms with E-state index in [9.17, 15) is 0 Å². The molecular formula is C13H22N2O. The van der Waals surface area contributed by atoms with Gasteiger partial charge >= 0.3 is 0 Å². The fourth-order valence-corrected chi connectivity index (χ4v) is 1.71. The molecule has 0 spiro atoms. The second kappa shape index (κ2) is 5.87. The smallest absolute Gasteiger partial charge is 0.122 e. The fourth-order valence-electron chi connectivity index (χ4n) is 1.71. The third-order valence-corrected chi connectivity index (χ3v) is 2.68. The Morgan fingerprint density at radius 2 is 1.94 bits per heavy atom. The number of rotatable bonds is 5. The minimum absolute atomic E-state index is 0.0843. The Hall–Kier alpha value is -1.06. The van der Waals surface area contributed by atoms with Gasteiger partial charge in [-0.3, -0.25) is 0 Å². The van der Waals surface area contributed by atoms with Gasteiger partial charge in [-0.15, -0.1) is 0 Å². The molecule has 0 saturated carbocycles. The van der Waals surface area contributed by atoms with E-state index in [-0.39, 0.29) is 6.04 Å². The van der Waals surface area contributed by atoms with Gasteiger partial charge in [0.1, 0.15) is 5.75 Å². The Kier molecular flexibility index (Phi) is 4.77. The maximum atomic E-state index is 5.95. The molecule has 1 aromatic rings. The second-order valence-corrected chi connectivity index (χ2v) is 4.16. The topological polar surface area (TPSA) is 61.3 Å². The van der Waals surface area contributed by atoms with Crippen LogP contribution in [0.3, 0.4) is 0 Å². The Morgan fingerprint density at radius 1 is 1.25 bits per heavy atom. The average molecular weight is 222 g/mol. The lowest BCUT2D eigenvalue weighted by Gasteiger charge is -2.16. The van der Waals surface area contributed by atoms with Crippen molar-refractivity contribution >= 4 is 0 Å². The van der Waals surface area contributed by atoms with E-state index in [0.717, 1.165) is 35.5 Å². The number of hydrogen-bond donors (Lipinski definition) is 2. The van der Waals surface area contributed by atoms with Gasteiger partial charge in [0, 0.05) is 12.6 Å². The van der Waals surface area contributed by atoms with E-state index in [2.05, 4.69) is 19.1 Å². The molecule has 3 nitrogen and oxygen atoms in total. The highest BCUT2D eigenvalue weighted by atomic mass is 16.5. The molecule has 16 heavy (non-hydrogen) atoms. The van der Waals surface area contributed by atoms with Crippen LogP contribution >= 0.6 is 0 Å². The minimum Gasteiger partial charge on any atom is -0.493 e. The fraction of sp³-hybridized carbons (Fsp3) is 0.538. The van der Waals surface area contributed by atoms with Crippen LogP contribution in [0.1, 0.15) is 36.1 Å². The predicted molar refractivity (Wildman–Crippen MR) is 67.7 cm³/mol.